The van der Waals surface area contributed by atoms with Crippen LogP contribution in [0.15, 0.2) is 40.8 Å². The summed E-state index contributed by atoms with van der Waals surface area (Å²) in [5.41, 5.74) is 1.72. The number of imidazole rings is 1. The van der Waals surface area contributed by atoms with Crippen molar-refractivity contribution in [3.63, 3.8) is 0 Å². The quantitative estimate of drug-likeness (QED) is 0.658. The summed E-state index contributed by atoms with van der Waals surface area (Å²) in [4.78, 5) is 31.3. The van der Waals surface area contributed by atoms with Gasteiger partial charge < -0.3 is 10.3 Å². The lowest BCUT2D eigenvalue weighted by Gasteiger charge is -2.04. The molecule has 22 heavy (non-hydrogen) atoms. The minimum absolute atomic E-state index is 0.183. The second-order valence-electron chi connectivity index (χ2n) is 4.52. The normalized spacial score (nSPS) is 10.5. The van der Waals surface area contributed by atoms with Crippen LogP contribution < -0.4 is 10.9 Å². The Balaban J connectivity index is 1.60. The third-order valence-electron chi connectivity index (χ3n) is 3.05. The molecule has 0 fully saturated rings. The molecule has 3 N–H and O–H groups in total. The van der Waals surface area contributed by atoms with Crippen molar-refractivity contribution >= 4 is 17.2 Å². The van der Waals surface area contributed by atoms with E-state index in [4.69, 9.17) is 0 Å². The molecule has 3 rings (SSSR count). The first-order chi connectivity index (χ1) is 10.7. The van der Waals surface area contributed by atoms with Gasteiger partial charge in [-0.3, -0.25) is 9.59 Å². The molecule has 7 nitrogen and oxygen atoms in total. The molecule has 0 aliphatic carbocycles. The predicted molar refractivity (Wildman–Crippen MR) is 82.8 cm³/mol. The molecular weight excluding hydrogens is 302 g/mol. The highest BCUT2D eigenvalue weighted by atomic mass is 32.1. The van der Waals surface area contributed by atoms with Gasteiger partial charge in [-0.05, 0) is 17.5 Å². The van der Waals surface area contributed by atoms with E-state index in [1.807, 2.05) is 17.5 Å². The van der Waals surface area contributed by atoms with E-state index in [0.29, 0.717) is 13.0 Å². The fourth-order valence-electron chi connectivity index (χ4n) is 2.00. The zero-order chi connectivity index (χ0) is 15.4. The van der Waals surface area contributed by atoms with Crippen LogP contribution in [0.2, 0.25) is 0 Å². The molecule has 0 aliphatic heterocycles. The van der Waals surface area contributed by atoms with Gasteiger partial charge in [-0.25, -0.2) is 10.1 Å². The third kappa shape index (κ3) is 3.12. The van der Waals surface area contributed by atoms with Crippen LogP contribution in [0.3, 0.4) is 0 Å². The minimum atomic E-state index is -0.338. The summed E-state index contributed by atoms with van der Waals surface area (Å²) < 4.78 is 0. The number of aromatic amines is 2. The predicted octanol–water partition coefficient (Wildman–Crippen LogP) is 1.19. The summed E-state index contributed by atoms with van der Waals surface area (Å²) in [5.74, 6) is -0.326. The molecular formula is C14H13N5O2S. The molecule has 0 bridgehead atoms. The van der Waals surface area contributed by atoms with Crippen molar-refractivity contribution in [2.24, 2.45) is 0 Å². The van der Waals surface area contributed by atoms with Crippen molar-refractivity contribution in [3.05, 3.63) is 57.7 Å². The van der Waals surface area contributed by atoms with E-state index in [1.165, 1.54) is 12.1 Å². The van der Waals surface area contributed by atoms with Crippen LogP contribution in [0.5, 0.6) is 0 Å². The molecule has 0 saturated carbocycles. The van der Waals surface area contributed by atoms with Crippen LogP contribution in [-0.4, -0.2) is 32.6 Å². The van der Waals surface area contributed by atoms with Gasteiger partial charge in [-0.2, -0.15) is 5.10 Å². The molecule has 3 heterocycles. The lowest BCUT2D eigenvalue weighted by Crippen LogP contribution is -2.27. The van der Waals surface area contributed by atoms with Crippen LogP contribution >= 0.6 is 11.3 Å². The molecule has 0 unspecified atom stereocenters. The van der Waals surface area contributed by atoms with Crippen LogP contribution in [0.25, 0.3) is 10.6 Å². The Morgan fingerprint density at radius 1 is 1.32 bits per heavy atom. The van der Waals surface area contributed by atoms with Crippen molar-refractivity contribution in [3.8, 4) is 10.6 Å². The summed E-state index contributed by atoms with van der Waals surface area (Å²) in [6.45, 7) is 0.445. The standard InChI is InChI=1S/C14H13N5O2S/c20-12-4-3-10(18-19-12)14(21)15-6-5-9-13(17-8-16-9)11-2-1-7-22-11/h1-4,7-8H,5-6H2,(H,15,21)(H,16,17)(H,19,20). The molecule has 0 spiro atoms. The summed E-state index contributed by atoms with van der Waals surface area (Å²) in [6, 6.07) is 6.64. The van der Waals surface area contributed by atoms with E-state index in [1.54, 1.807) is 17.7 Å². The van der Waals surface area contributed by atoms with Gasteiger partial charge in [-0.15, -0.1) is 11.3 Å². The summed E-state index contributed by atoms with van der Waals surface area (Å²) in [5, 5.41) is 10.7. The lowest BCUT2D eigenvalue weighted by molar-refractivity contribution is 0.0948. The molecule has 112 valence electrons. The van der Waals surface area contributed by atoms with E-state index in [0.717, 1.165) is 16.3 Å². The van der Waals surface area contributed by atoms with Crippen molar-refractivity contribution in [2.75, 3.05) is 6.54 Å². The van der Waals surface area contributed by atoms with Gasteiger partial charge in [0.2, 0.25) is 0 Å². The second-order valence-corrected chi connectivity index (χ2v) is 5.47. The number of carbonyl (C=O) groups excluding carboxylic acids is 1. The van der Waals surface area contributed by atoms with Gasteiger partial charge in [0, 0.05) is 24.7 Å². The molecule has 8 heteroatoms. The second kappa shape index (κ2) is 6.35. The summed E-state index contributed by atoms with van der Waals surface area (Å²) in [6.07, 6.45) is 2.28. The van der Waals surface area contributed by atoms with E-state index >= 15 is 0 Å². The Bertz CT molecular complexity index is 801. The van der Waals surface area contributed by atoms with Crippen molar-refractivity contribution in [1.29, 1.82) is 0 Å². The average molecular weight is 315 g/mol. The first-order valence-electron chi connectivity index (χ1n) is 6.64. The smallest absolute Gasteiger partial charge is 0.271 e. The molecule has 0 aliphatic rings. The maximum absolute atomic E-state index is 11.9. The van der Waals surface area contributed by atoms with Gasteiger partial charge in [0.15, 0.2) is 0 Å². The van der Waals surface area contributed by atoms with Crippen LogP contribution in [0.1, 0.15) is 16.2 Å². The summed E-state index contributed by atoms with van der Waals surface area (Å²) >= 11 is 1.62. The number of rotatable bonds is 5. The first-order valence-corrected chi connectivity index (χ1v) is 7.52. The molecule has 3 aromatic heterocycles. The number of hydrogen-bond acceptors (Lipinski definition) is 5. The van der Waals surface area contributed by atoms with Crippen molar-refractivity contribution in [2.45, 2.75) is 6.42 Å². The Morgan fingerprint density at radius 2 is 2.23 bits per heavy atom. The van der Waals surface area contributed by atoms with E-state index < -0.39 is 0 Å². The highest BCUT2D eigenvalue weighted by Gasteiger charge is 2.11. The van der Waals surface area contributed by atoms with Crippen LogP contribution in [0, 0.1) is 0 Å². The average Bonchev–Trinajstić information content (AvgIpc) is 3.18. The number of nitrogens with zero attached hydrogens (tertiary/aromatic N) is 2. The number of H-pyrrole nitrogens is 2. The topological polar surface area (TPSA) is 104 Å². The highest BCUT2D eigenvalue weighted by Crippen LogP contribution is 2.25. The molecule has 3 aromatic rings. The first kappa shape index (κ1) is 14.2. The highest BCUT2D eigenvalue weighted by molar-refractivity contribution is 7.13. The Hall–Kier alpha value is -2.74. The molecule has 0 saturated heterocycles. The van der Waals surface area contributed by atoms with Gasteiger partial charge in [0.1, 0.15) is 11.4 Å². The molecule has 0 atom stereocenters. The fraction of sp³-hybridized carbons (Fsp3) is 0.143. The van der Waals surface area contributed by atoms with Crippen molar-refractivity contribution < 1.29 is 4.79 Å². The molecule has 0 radical (unpaired) electrons. The number of carbonyl (C=O) groups is 1. The van der Waals surface area contributed by atoms with Gasteiger partial charge in [0.25, 0.3) is 11.5 Å². The van der Waals surface area contributed by atoms with Gasteiger partial charge in [0.05, 0.1) is 11.2 Å². The number of thiophene rings is 1. The van der Waals surface area contributed by atoms with Gasteiger partial charge >= 0.3 is 0 Å². The molecule has 0 aromatic carbocycles. The number of aromatic nitrogens is 4. The SMILES string of the molecule is O=C(NCCc1[nH]cnc1-c1cccs1)c1ccc(=O)[nH]n1. The summed E-state index contributed by atoms with van der Waals surface area (Å²) in [7, 11) is 0. The zero-order valence-corrected chi connectivity index (χ0v) is 12.3. The molecule has 1 amide bonds. The Labute approximate surface area is 129 Å². The minimum Gasteiger partial charge on any atom is -0.350 e. The zero-order valence-electron chi connectivity index (χ0n) is 11.5. The van der Waals surface area contributed by atoms with Gasteiger partial charge in [-0.1, -0.05) is 6.07 Å². The number of hydrogen-bond donors (Lipinski definition) is 3. The monoisotopic (exact) mass is 315 g/mol. The van der Waals surface area contributed by atoms with E-state index in [-0.39, 0.29) is 17.2 Å². The van der Waals surface area contributed by atoms with E-state index in [9.17, 15) is 9.59 Å². The fourth-order valence-corrected chi connectivity index (χ4v) is 2.75. The maximum Gasteiger partial charge on any atom is 0.271 e. The maximum atomic E-state index is 11.9. The Kier molecular flexibility index (Phi) is 4.10. The number of amides is 1. The van der Waals surface area contributed by atoms with E-state index in [2.05, 4.69) is 25.5 Å². The van der Waals surface area contributed by atoms with Crippen LogP contribution in [0.4, 0.5) is 0 Å². The lowest BCUT2D eigenvalue weighted by atomic mass is 10.2. The Morgan fingerprint density at radius 3 is 2.95 bits per heavy atom. The third-order valence-corrected chi connectivity index (χ3v) is 3.92. The number of nitrogens with one attached hydrogen (secondary N) is 3. The van der Waals surface area contributed by atoms with Crippen LogP contribution in [-0.2, 0) is 6.42 Å². The van der Waals surface area contributed by atoms with Crippen molar-refractivity contribution in [1.82, 2.24) is 25.5 Å². The largest absolute Gasteiger partial charge is 0.350 e.